The standard InChI is InChI=1S/C30H32O8/c1-16(2)9-10-19-27(32)26-25(36-17(3)31)15-22-18(11-12-30(4,5)38-22)29(26)37-28(19)20-13-23(34-7)24(35-8)14-21(20)33-6/h9,11-15H,10H2,1-8H3. The molecule has 0 N–H and O–H groups in total. The van der Waals surface area contributed by atoms with E-state index in [2.05, 4.69) is 0 Å². The highest BCUT2D eigenvalue weighted by molar-refractivity contribution is 5.96. The molecule has 1 aliphatic heterocycles. The summed E-state index contributed by atoms with van der Waals surface area (Å²) in [5, 5.41) is 0.159. The van der Waals surface area contributed by atoms with Crippen LogP contribution in [0.5, 0.6) is 28.7 Å². The fraction of sp³-hybridized carbons (Fsp3) is 0.333. The van der Waals surface area contributed by atoms with E-state index in [1.807, 2.05) is 45.9 Å². The zero-order chi connectivity index (χ0) is 27.8. The average molecular weight is 521 g/mol. The van der Waals surface area contributed by atoms with Crippen LogP contribution in [0.25, 0.3) is 28.4 Å². The molecule has 0 unspecified atom stereocenters. The molecule has 0 atom stereocenters. The molecule has 4 rings (SSSR count). The van der Waals surface area contributed by atoms with Crippen molar-refractivity contribution in [2.45, 2.75) is 46.6 Å². The predicted octanol–water partition coefficient (Wildman–Crippen LogP) is 6.10. The van der Waals surface area contributed by atoms with Gasteiger partial charge in [-0.3, -0.25) is 9.59 Å². The molecule has 0 radical (unpaired) electrons. The third kappa shape index (κ3) is 4.98. The van der Waals surface area contributed by atoms with Gasteiger partial charge in [-0.1, -0.05) is 11.6 Å². The van der Waals surface area contributed by atoms with Crippen molar-refractivity contribution in [3.8, 4) is 40.1 Å². The number of benzene rings is 2. The van der Waals surface area contributed by atoms with Gasteiger partial charge >= 0.3 is 5.97 Å². The van der Waals surface area contributed by atoms with Gasteiger partial charge in [-0.15, -0.1) is 0 Å². The number of methoxy groups -OCH3 is 3. The fourth-order valence-corrected chi connectivity index (χ4v) is 4.36. The molecule has 0 saturated carbocycles. The van der Waals surface area contributed by atoms with Gasteiger partial charge in [0.2, 0.25) is 5.43 Å². The van der Waals surface area contributed by atoms with Gasteiger partial charge in [0.25, 0.3) is 0 Å². The maximum atomic E-state index is 14.2. The molecule has 0 fully saturated rings. The SMILES string of the molecule is COc1cc(OC)c(-c2oc3c4c(cc(OC(C)=O)c3c(=O)c2CC=C(C)C)OC(C)(C)C=C4)cc1OC. The summed E-state index contributed by atoms with van der Waals surface area (Å²) >= 11 is 0. The van der Waals surface area contributed by atoms with Crippen molar-refractivity contribution in [3.63, 3.8) is 0 Å². The van der Waals surface area contributed by atoms with Gasteiger partial charge in [-0.2, -0.15) is 0 Å². The first-order valence-electron chi connectivity index (χ1n) is 12.2. The number of ether oxygens (including phenoxy) is 5. The summed E-state index contributed by atoms with van der Waals surface area (Å²) in [5.41, 5.74) is 1.79. The van der Waals surface area contributed by atoms with Gasteiger partial charge in [-0.05, 0) is 52.3 Å². The fourth-order valence-electron chi connectivity index (χ4n) is 4.36. The zero-order valence-electron chi connectivity index (χ0n) is 22.9. The summed E-state index contributed by atoms with van der Waals surface area (Å²) in [4.78, 5) is 26.2. The van der Waals surface area contributed by atoms with E-state index in [0.717, 1.165) is 5.57 Å². The summed E-state index contributed by atoms with van der Waals surface area (Å²) < 4.78 is 34.9. The number of hydrogen-bond acceptors (Lipinski definition) is 8. The van der Waals surface area contributed by atoms with Crippen molar-refractivity contribution in [1.29, 1.82) is 0 Å². The van der Waals surface area contributed by atoms with E-state index in [0.29, 0.717) is 45.4 Å². The molecule has 200 valence electrons. The van der Waals surface area contributed by atoms with E-state index < -0.39 is 11.6 Å². The number of carbonyl (C=O) groups is 1. The Labute approximate surface area is 221 Å². The Hall–Kier alpha value is -4.20. The molecule has 1 aromatic heterocycles. The summed E-state index contributed by atoms with van der Waals surface area (Å²) in [6.45, 7) is 8.99. The van der Waals surface area contributed by atoms with E-state index >= 15 is 0 Å². The molecular weight excluding hydrogens is 488 g/mol. The van der Waals surface area contributed by atoms with Crippen LogP contribution in [0.3, 0.4) is 0 Å². The predicted molar refractivity (Wildman–Crippen MR) is 146 cm³/mol. The van der Waals surface area contributed by atoms with Crippen LogP contribution in [-0.2, 0) is 11.2 Å². The molecule has 1 aliphatic rings. The van der Waals surface area contributed by atoms with Crippen molar-refractivity contribution in [2.24, 2.45) is 0 Å². The van der Waals surface area contributed by atoms with E-state index in [-0.39, 0.29) is 28.6 Å². The topological polar surface area (TPSA) is 93.4 Å². The Balaban J connectivity index is 2.17. The first-order chi connectivity index (χ1) is 18.0. The minimum atomic E-state index is -0.604. The average Bonchev–Trinajstić information content (AvgIpc) is 2.85. The van der Waals surface area contributed by atoms with Crippen LogP contribution in [0.1, 0.15) is 45.7 Å². The van der Waals surface area contributed by atoms with Crippen molar-refractivity contribution in [3.05, 3.63) is 57.3 Å². The molecule has 0 bridgehead atoms. The molecule has 2 heterocycles. The monoisotopic (exact) mass is 520 g/mol. The van der Waals surface area contributed by atoms with Crippen molar-refractivity contribution >= 4 is 23.0 Å². The van der Waals surface area contributed by atoms with Gasteiger partial charge in [-0.25, -0.2) is 0 Å². The van der Waals surface area contributed by atoms with Gasteiger partial charge in [0, 0.05) is 24.6 Å². The van der Waals surface area contributed by atoms with Crippen LogP contribution in [0, 0.1) is 0 Å². The first-order valence-corrected chi connectivity index (χ1v) is 12.2. The number of allylic oxidation sites excluding steroid dienone is 2. The molecular formula is C30H32O8. The molecule has 3 aromatic rings. The van der Waals surface area contributed by atoms with Gasteiger partial charge in [0.05, 0.1) is 32.5 Å². The normalized spacial score (nSPS) is 13.4. The highest BCUT2D eigenvalue weighted by Gasteiger charge is 2.30. The maximum absolute atomic E-state index is 14.2. The Morgan fingerprint density at radius 3 is 2.21 bits per heavy atom. The molecule has 0 aliphatic carbocycles. The smallest absolute Gasteiger partial charge is 0.308 e. The molecule has 2 aromatic carbocycles. The van der Waals surface area contributed by atoms with E-state index in [9.17, 15) is 9.59 Å². The Kier molecular flexibility index (Phi) is 7.26. The molecule has 8 nitrogen and oxygen atoms in total. The number of hydrogen-bond donors (Lipinski definition) is 0. The van der Waals surface area contributed by atoms with Crippen molar-refractivity contribution in [2.75, 3.05) is 21.3 Å². The Morgan fingerprint density at radius 1 is 0.947 bits per heavy atom. The lowest BCUT2D eigenvalue weighted by Gasteiger charge is -2.28. The molecule has 0 amide bonds. The van der Waals surface area contributed by atoms with Crippen LogP contribution in [0.4, 0.5) is 0 Å². The maximum Gasteiger partial charge on any atom is 0.308 e. The van der Waals surface area contributed by atoms with Gasteiger partial charge in [0.15, 0.2) is 17.1 Å². The van der Waals surface area contributed by atoms with Crippen LogP contribution < -0.4 is 29.1 Å². The second-order valence-electron chi connectivity index (χ2n) is 9.76. The van der Waals surface area contributed by atoms with E-state index in [1.54, 1.807) is 18.2 Å². The largest absolute Gasteiger partial charge is 0.496 e. The van der Waals surface area contributed by atoms with Crippen molar-refractivity contribution in [1.82, 2.24) is 0 Å². The first kappa shape index (κ1) is 26.9. The number of rotatable bonds is 7. The third-order valence-electron chi connectivity index (χ3n) is 6.17. The summed E-state index contributed by atoms with van der Waals surface area (Å²) in [6, 6.07) is 4.97. The lowest BCUT2D eigenvalue weighted by atomic mass is 9.96. The Bertz CT molecular complexity index is 1530. The highest BCUT2D eigenvalue weighted by atomic mass is 16.5. The van der Waals surface area contributed by atoms with Gasteiger partial charge in [0.1, 0.15) is 34.0 Å². The van der Waals surface area contributed by atoms with E-state index in [1.165, 1.54) is 28.3 Å². The second kappa shape index (κ2) is 10.3. The van der Waals surface area contributed by atoms with Crippen LogP contribution in [0.2, 0.25) is 0 Å². The summed E-state index contributed by atoms with van der Waals surface area (Å²) in [5.74, 6) is 1.60. The van der Waals surface area contributed by atoms with Gasteiger partial charge < -0.3 is 28.1 Å². The van der Waals surface area contributed by atoms with Crippen molar-refractivity contribution < 1.29 is 32.9 Å². The molecule has 8 heteroatoms. The molecule has 0 spiro atoms. The summed E-state index contributed by atoms with van der Waals surface area (Å²) in [7, 11) is 4.59. The third-order valence-corrected chi connectivity index (χ3v) is 6.17. The lowest BCUT2D eigenvalue weighted by molar-refractivity contribution is -0.131. The Morgan fingerprint density at radius 2 is 1.61 bits per heavy atom. The van der Waals surface area contributed by atoms with Crippen LogP contribution in [0.15, 0.2) is 45.1 Å². The number of esters is 1. The minimum absolute atomic E-state index is 0.0791. The number of fused-ring (bicyclic) bond motifs is 3. The van der Waals surface area contributed by atoms with E-state index in [4.69, 9.17) is 28.1 Å². The molecule has 0 saturated heterocycles. The quantitative estimate of drug-likeness (QED) is 0.209. The molecule has 38 heavy (non-hydrogen) atoms. The second-order valence-corrected chi connectivity index (χ2v) is 9.76. The highest BCUT2D eigenvalue weighted by Crippen LogP contribution is 2.45. The zero-order valence-corrected chi connectivity index (χ0v) is 22.9. The lowest BCUT2D eigenvalue weighted by Crippen LogP contribution is -2.28. The minimum Gasteiger partial charge on any atom is -0.496 e. The van der Waals surface area contributed by atoms with Crippen LogP contribution in [-0.4, -0.2) is 32.9 Å². The van der Waals surface area contributed by atoms with Crippen LogP contribution >= 0.6 is 0 Å². The number of carbonyl (C=O) groups excluding carboxylic acids is 1. The summed E-state index contributed by atoms with van der Waals surface area (Å²) in [6.07, 6.45) is 5.95.